The number of rotatable bonds is 6. The lowest BCUT2D eigenvalue weighted by atomic mass is 10.1. The maximum atomic E-state index is 13.4. The van der Waals surface area contributed by atoms with Gasteiger partial charge in [-0.25, -0.2) is 9.37 Å². The quantitative estimate of drug-likeness (QED) is 0.514. The van der Waals surface area contributed by atoms with Gasteiger partial charge in [0.05, 0.1) is 7.11 Å². The summed E-state index contributed by atoms with van der Waals surface area (Å²) in [5.74, 6) is 0.816. The summed E-state index contributed by atoms with van der Waals surface area (Å²) >= 11 is 0. The zero-order chi connectivity index (χ0) is 21.1. The Morgan fingerprint density at radius 2 is 1.83 bits per heavy atom. The Labute approximate surface area is 172 Å². The van der Waals surface area contributed by atoms with Crippen LogP contribution in [-0.4, -0.2) is 29.0 Å². The molecule has 0 radical (unpaired) electrons. The summed E-state index contributed by atoms with van der Waals surface area (Å²) in [6.45, 7) is 1.76. The Morgan fingerprint density at radius 3 is 2.57 bits per heavy atom. The second-order valence-electron chi connectivity index (χ2n) is 6.74. The first-order valence-corrected chi connectivity index (χ1v) is 9.35. The minimum Gasteiger partial charge on any atom is -0.493 e. The zero-order valence-corrected chi connectivity index (χ0v) is 16.6. The number of para-hydroxylation sites is 2. The van der Waals surface area contributed by atoms with E-state index in [1.54, 1.807) is 34.7 Å². The van der Waals surface area contributed by atoms with E-state index in [1.807, 2.05) is 31.3 Å². The summed E-state index contributed by atoms with van der Waals surface area (Å²) in [4.78, 5) is 17.3. The van der Waals surface area contributed by atoms with Crippen molar-refractivity contribution in [1.29, 1.82) is 0 Å². The van der Waals surface area contributed by atoms with Crippen molar-refractivity contribution in [2.45, 2.75) is 6.92 Å². The molecule has 0 saturated carbocycles. The highest BCUT2D eigenvalue weighted by atomic mass is 19.1. The molecule has 0 fully saturated rings. The molecule has 0 saturated heterocycles. The predicted octanol–water partition coefficient (Wildman–Crippen LogP) is 4.47. The van der Waals surface area contributed by atoms with Gasteiger partial charge in [-0.3, -0.25) is 9.20 Å². The van der Waals surface area contributed by atoms with Crippen LogP contribution in [0.3, 0.4) is 0 Å². The fourth-order valence-electron chi connectivity index (χ4n) is 3.12. The van der Waals surface area contributed by atoms with Crippen molar-refractivity contribution in [2.24, 2.45) is 0 Å². The number of carbonyl (C=O) groups is 1. The average Bonchev–Trinajstić information content (AvgIpc) is 3.10. The number of carbonyl (C=O) groups excluding carboxylic acids is 1. The molecule has 1 N–H and O–H groups in total. The third kappa shape index (κ3) is 3.96. The summed E-state index contributed by atoms with van der Waals surface area (Å²) in [5.41, 5.74) is 2.95. The van der Waals surface area contributed by atoms with Gasteiger partial charge in [-0.05, 0) is 61.0 Å². The highest BCUT2D eigenvalue weighted by Crippen LogP contribution is 2.30. The lowest BCUT2D eigenvalue weighted by molar-refractivity contribution is -0.118. The van der Waals surface area contributed by atoms with Gasteiger partial charge < -0.3 is 14.8 Å². The van der Waals surface area contributed by atoms with Crippen molar-refractivity contribution in [3.05, 3.63) is 78.2 Å². The van der Waals surface area contributed by atoms with Crippen molar-refractivity contribution < 1.29 is 18.7 Å². The normalized spacial score (nSPS) is 10.8. The topological polar surface area (TPSA) is 64.9 Å². The van der Waals surface area contributed by atoms with E-state index in [0.29, 0.717) is 34.2 Å². The van der Waals surface area contributed by atoms with Crippen LogP contribution in [0.4, 0.5) is 10.2 Å². The molecule has 4 rings (SSSR count). The minimum atomic E-state index is -0.355. The van der Waals surface area contributed by atoms with Crippen LogP contribution in [0, 0.1) is 12.7 Å². The van der Waals surface area contributed by atoms with Crippen LogP contribution in [0.15, 0.2) is 66.9 Å². The van der Waals surface area contributed by atoms with Gasteiger partial charge in [-0.1, -0.05) is 12.1 Å². The largest absolute Gasteiger partial charge is 0.493 e. The van der Waals surface area contributed by atoms with Crippen LogP contribution in [0.5, 0.6) is 11.5 Å². The molecule has 0 aliphatic heterocycles. The van der Waals surface area contributed by atoms with E-state index in [-0.39, 0.29) is 18.3 Å². The number of benzene rings is 2. The molecule has 0 bridgehead atoms. The fourth-order valence-corrected chi connectivity index (χ4v) is 3.12. The summed E-state index contributed by atoms with van der Waals surface area (Å²) in [6, 6.07) is 16.9. The number of aryl methyl sites for hydroxylation is 1. The highest BCUT2D eigenvalue weighted by Gasteiger charge is 2.17. The number of hydrogen-bond acceptors (Lipinski definition) is 4. The SMILES string of the molecule is COc1ccccc1OCC(=O)Nc1c(-c2ccc(F)cc2)nc2cc(C)ccn12. The third-order valence-electron chi connectivity index (χ3n) is 4.58. The number of imidazole rings is 1. The van der Waals surface area contributed by atoms with Crippen LogP contribution < -0.4 is 14.8 Å². The van der Waals surface area contributed by atoms with Gasteiger partial charge >= 0.3 is 0 Å². The predicted molar refractivity (Wildman–Crippen MR) is 112 cm³/mol. The maximum absolute atomic E-state index is 13.4. The first-order chi connectivity index (χ1) is 14.5. The van der Waals surface area contributed by atoms with Crippen molar-refractivity contribution in [2.75, 3.05) is 19.0 Å². The molecule has 0 aliphatic rings. The lowest BCUT2D eigenvalue weighted by Gasteiger charge is -2.11. The molecule has 0 spiro atoms. The number of amides is 1. The van der Waals surface area contributed by atoms with E-state index in [1.165, 1.54) is 19.2 Å². The molecule has 2 aromatic heterocycles. The number of nitrogens with zero attached hydrogens (tertiary/aromatic N) is 2. The second-order valence-corrected chi connectivity index (χ2v) is 6.74. The molecule has 2 aromatic carbocycles. The lowest BCUT2D eigenvalue weighted by Crippen LogP contribution is -2.21. The molecular formula is C23H20FN3O3. The molecule has 7 heteroatoms. The molecule has 2 heterocycles. The van der Waals surface area contributed by atoms with Crippen LogP contribution in [0.2, 0.25) is 0 Å². The van der Waals surface area contributed by atoms with Crippen LogP contribution >= 0.6 is 0 Å². The molecule has 6 nitrogen and oxygen atoms in total. The standard InChI is InChI=1S/C23H20FN3O3/c1-15-11-12-27-20(13-15)25-22(16-7-9-17(24)10-8-16)23(27)26-21(28)14-30-19-6-4-3-5-18(19)29-2/h3-13H,14H2,1-2H3,(H,26,28). The van der Waals surface area contributed by atoms with E-state index in [0.717, 1.165) is 5.56 Å². The summed E-state index contributed by atoms with van der Waals surface area (Å²) in [6.07, 6.45) is 1.83. The van der Waals surface area contributed by atoms with E-state index in [9.17, 15) is 9.18 Å². The van der Waals surface area contributed by atoms with Crippen LogP contribution in [0.1, 0.15) is 5.56 Å². The molecule has 4 aromatic rings. The van der Waals surface area contributed by atoms with E-state index in [4.69, 9.17) is 9.47 Å². The third-order valence-corrected chi connectivity index (χ3v) is 4.58. The van der Waals surface area contributed by atoms with Gasteiger partial charge in [-0.15, -0.1) is 0 Å². The Hall–Kier alpha value is -3.87. The van der Waals surface area contributed by atoms with Crippen molar-refractivity contribution >= 4 is 17.4 Å². The van der Waals surface area contributed by atoms with Crippen molar-refractivity contribution in [3.63, 3.8) is 0 Å². The monoisotopic (exact) mass is 405 g/mol. The highest BCUT2D eigenvalue weighted by molar-refractivity contribution is 5.95. The number of ether oxygens (including phenoxy) is 2. The molecular weight excluding hydrogens is 385 g/mol. The van der Waals surface area contributed by atoms with E-state index < -0.39 is 0 Å². The number of hydrogen-bond donors (Lipinski definition) is 1. The zero-order valence-electron chi connectivity index (χ0n) is 16.6. The number of anilines is 1. The van der Waals surface area contributed by atoms with Crippen molar-refractivity contribution in [1.82, 2.24) is 9.38 Å². The number of aromatic nitrogens is 2. The summed E-state index contributed by atoms with van der Waals surface area (Å²) < 4.78 is 26.0. The van der Waals surface area contributed by atoms with Crippen molar-refractivity contribution in [3.8, 4) is 22.8 Å². The summed E-state index contributed by atoms with van der Waals surface area (Å²) in [5, 5.41) is 2.88. The average molecular weight is 405 g/mol. The Bertz CT molecular complexity index is 1200. The minimum absolute atomic E-state index is 0.206. The Kier molecular flexibility index (Phi) is 5.34. The van der Waals surface area contributed by atoms with E-state index >= 15 is 0 Å². The van der Waals surface area contributed by atoms with Gasteiger partial charge in [0.2, 0.25) is 0 Å². The summed E-state index contributed by atoms with van der Waals surface area (Å²) in [7, 11) is 1.54. The smallest absolute Gasteiger partial charge is 0.263 e. The molecule has 0 atom stereocenters. The molecule has 0 aliphatic carbocycles. The number of halogens is 1. The number of nitrogens with one attached hydrogen (secondary N) is 1. The van der Waals surface area contributed by atoms with Gasteiger partial charge in [0.1, 0.15) is 23.0 Å². The van der Waals surface area contributed by atoms with Gasteiger partial charge in [-0.2, -0.15) is 0 Å². The number of methoxy groups -OCH3 is 1. The molecule has 1 amide bonds. The Balaban J connectivity index is 1.63. The van der Waals surface area contributed by atoms with Gasteiger partial charge in [0.25, 0.3) is 5.91 Å². The number of pyridine rings is 1. The second kappa shape index (κ2) is 8.24. The van der Waals surface area contributed by atoms with E-state index in [2.05, 4.69) is 10.3 Å². The van der Waals surface area contributed by atoms with Crippen LogP contribution in [-0.2, 0) is 4.79 Å². The molecule has 30 heavy (non-hydrogen) atoms. The fraction of sp³-hybridized carbons (Fsp3) is 0.130. The maximum Gasteiger partial charge on any atom is 0.263 e. The molecule has 0 unspecified atom stereocenters. The number of fused-ring (bicyclic) bond motifs is 1. The van der Waals surface area contributed by atoms with Gasteiger partial charge in [0, 0.05) is 11.8 Å². The van der Waals surface area contributed by atoms with Gasteiger partial charge in [0.15, 0.2) is 18.1 Å². The van der Waals surface area contributed by atoms with Crippen LogP contribution in [0.25, 0.3) is 16.9 Å². The Morgan fingerprint density at radius 1 is 1.10 bits per heavy atom. The first-order valence-electron chi connectivity index (χ1n) is 9.35. The molecule has 152 valence electrons. The first kappa shape index (κ1) is 19.4.